The maximum absolute atomic E-state index is 14.2. The van der Waals surface area contributed by atoms with Crippen LogP contribution in [0.15, 0.2) is 84.9 Å². The first-order chi connectivity index (χ1) is 12.2. The van der Waals surface area contributed by atoms with Crippen LogP contribution in [-0.2, 0) is 4.74 Å². The summed E-state index contributed by atoms with van der Waals surface area (Å²) in [7, 11) is 0. The summed E-state index contributed by atoms with van der Waals surface area (Å²) in [6, 6.07) is 22.5. The zero-order chi connectivity index (χ0) is 17.6. The molecule has 0 amide bonds. The van der Waals surface area contributed by atoms with E-state index >= 15 is 0 Å². The molecule has 0 fully saturated rings. The molecule has 0 spiro atoms. The van der Waals surface area contributed by atoms with Gasteiger partial charge in [0.05, 0.1) is 5.56 Å². The van der Waals surface area contributed by atoms with Crippen molar-refractivity contribution in [3.05, 3.63) is 107 Å². The Balaban J connectivity index is 1.96. The van der Waals surface area contributed by atoms with Gasteiger partial charge in [0.15, 0.2) is 6.10 Å². The molecule has 3 aromatic rings. The molecule has 0 heterocycles. The number of benzene rings is 3. The molecule has 25 heavy (non-hydrogen) atoms. The lowest BCUT2D eigenvalue weighted by molar-refractivity contribution is 0.0273. The van der Waals surface area contributed by atoms with Gasteiger partial charge in [0, 0.05) is 11.1 Å². The van der Waals surface area contributed by atoms with Gasteiger partial charge in [0.2, 0.25) is 5.78 Å². The Kier molecular flexibility index (Phi) is 5.00. The standard InChI is InChI=1S/C21H15FO3/c22-18-14-8-7-13-17(18)20(19(23)15-9-3-1-4-10-15)25-21(24)16-11-5-2-6-12-16/h1-14,20H/t20-/m0/s1. The number of rotatable bonds is 5. The van der Waals surface area contributed by atoms with Crippen molar-refractivity contribution >= 4 is 11.8 Å². The molecule has 0 aromatic heterocycles. The third-order valence-corrected chi connectivity index (χ3v) is 3.72. The summed E-state index contributed by atoms with van der Waals surface area (Å²) in [5, 5.41) is 0. The van der Waals surface area contributed by atoms with Crippen LogP contribution >= 0.6 is 0 Å². The molecule has 0 saturated heterocycles. The highest BCUT2D eigenvalue weighted by atomic mass is 19.1. The first-order valence-electron chi connectivity index (χ1n) is 7.76. The van der Waals surface area contributed by atoms with E-state index in [1.807, 2.05) is 0 Å². The minimum absolute atomic E-state index is 0.0284. The average Bonchev–Trinajstić information content (AvgIpc) is 2.67. The molecular weight excluding hydrogens is 319 g/mol. The third kappa shape index (κ3) is 3.80. The van der Waals surface area contributed by atoms with Gasteiger partial charge in [0.1, 0.15) is 5.82 Å². The van der Waals surface area contributed by atoms with Crippen molar-refractivity contribution in [3.8, 4) is 0 Å². The number of carbonyl (C=O) groups is 2. The Morgan fingerprint density at radius 2 is 1.24 bits per heavy atom. The molecule has 1 atom stereocenters. The number of carbonyl (C=O) groups excluding carboxylic acids is 2. The minimum atomic E-state index is -1.35. The van der Waals surface area contributed by atoms with Crippen molar-refractivity contribution in [3.63, 3.8) is 0 Å². The highest BCUT2D eigenvalue weighted by molar-refractivity contribution is 6.02. The summed E-state index contributed by atoms with van der Waals surface area (Å²) >= 11 is 0. The SMILES string of the molecule is O=C(O[C@H](C(=O)c1ccccc1)c1ccccc1F)c1ccccc1. The first-order valence-corrected chi connectivity index (χ1v) is 7.76. The molecule has 0 aliphatic rings. The van der Waals surface area contributed by atoms with Crippen LogP contribution in [0.25, 0.3) is 0 Å². The second-order valence-electron chi connectivity index (χ2n) is 5.40. The minimum Gasteiger partial charge on any atom is -0.445 e. The van der Waals surface area contributed by atoms with Gasteiger partial charge in [-0.1, -0.05) is 66.7 Å². The number of esters is 1. The van der Waals surface area contributed by atoms with Crippen LogP contribution < -0.4 is 0 Å². The fourth-order valence-corrected chi connectivity index (χ4v) is 2.45. The van der Waals surface area contributed by atoms with Gasteiger partial charge in [-0.3, -0.25) is 4.79 Å². The monoisotopic (exact) mass is 334 g/mol. The Hall–Kier alpha value is -3.27. The quantitative estimate of drug-likeness (QED) is 0.506. The van der Waals surface area contributed by atoms with Crippen LogP contribution in [0.5, 0.6) is 0 Å². The first kappa shape index (κ1) is 16.6. The van der Waals surface area contributed by atoms with E-state index in [2.05, 4.69) is 0 Å². The molecule has 3 nitrogen and oxygen atoms in total. The summed E-state index contributed by atoms with van der Waals surface area (Å²) in [5.41, 5.74) is 0.668. The molecule has 0 unspecified atom stereocenters. The van der Waals surface area contributed by atoms with Crippen LogP contribution in [-0.4, -0.2) is 11.8 Å². The van der Waals surface area contributed by atoms with Gasteiger partial charge in [-0.15, -0.1) is 0 Å². The van der Waals surface area contributed by atoms with Gasteiger partial charge in [-0.05, 0) is 18.2 Å². The van der Waals surface area contributed by atoms with Crippen molar-refractivity contribution in [1.82, 2.24) is 0 Å². The van der Waals surface area contributed by atoms with E-state index in [1.165, 1.54) is 18.2 Å². The van der Waals surface area contributed by atoms with Gasteiger partial charge < -0.3 is 4.74 Å². The van der Waals surface area contributed by atoms with E-state index in [9.17, 15) is 14.0 Å². The van der Waals surface area contributed by atoms with E-state index in [1.54, 1.807) is 66.7 Å². The average molecular weight is 334 g/mol. The fourth-order valence-electron chi connectivity index (χ4n) is 2.45. The van der Waals surface area contributed by atoms with E-state index < -0.39 is 23.7 Å². The normalized spacial score (nSPS) is 11.6. The van der Waals surface area contributed by atoms with Crippen molar-refractivity contribution in [2.45, 2.75) is 6.10 Å². The topological polar surface area (TPSA) is 43.4 Å². The third-order valence-electron chi connectivity index (χ3n) is 3.72. The van der Waals surface area contributed by atoms with Crippen LogP contribution in [0.1, 0.15) is 32.4 Å². The van der Waals surface area contributed by atoms with Crippen molar-refractivity contribution in [2.24, 2.45) is 0 Å². The van der Waals surface area contributed by atoms with E-state index in [-0.39, 0.29) is 5.56 Å². The predicted molar refractivity (Wildman–Crippen MR) is 91.8 cm³/mol. The lowest BCUT2D eigenvalue weighted by atomic mass is 9.99. The highest BCUT2D eigenvalue weighted by Gasteiger charge is 2.28. The molecule has 124 valence electrons. The second-order valence-corrected chi connectivity index (χ2v) is 5.40. The molecular formula is C21H15FO3. The summed E-state index contributed by atoms with van der Waals surface area (Å²) in [6.07, 6.45) is -1.35. The van der Waals surface area contributed by atoms with Gasteiger partial charge in [0.25, 0.3) is 0 Å². The summed E-state index contributed by atoms with van der Waals surface area (Å²) in [4.78, 5) is 25.2. The number of halogens is 1. The Bertz CT molecular complexity index is 876. The molecule has 0 bridgehead atoms. The maximum Gasteiger partial charge on any atom is 0.339 e. The zero-order valence-corrected chi connectivity index (χ0v) is 13.3. The number of hydrogen-bond acceptors (Lipinski definition) is 3. The zero-order valence-electron chi connectivity index (χ0n) is 13.3. The number of hydrogen-bond donors (Lipinski definition) is 0. The molecule has 4 heteroatoms. The molecule has 0 radical (unpaired) electrons. The van der Waals surface area contributed by atoms with Crippen molar-refractivity contribution < 1.29 is 18.7 Å². The van der Waals surface area contributed by atoms with Crippen molar-refractivity contribution in [2.75, 3.05) is 0 Å². The van der Waals surface area contributed by atoms with E-state index in [4.69, 9.17) is 4.74 Å². The van der Waals surface area contributed by atoms with Crippen LogP contribution in [0.2, 0.25) is 0 Å². The molecule has 3 aromatic carbocycles. The van der Waals surface area contributed by atoms with Gasteiger partial charge in [-0.25, -0.2) is 9.18 Å². The Morgan fingerprint density at radius 1 is 0.720 bits per heavy atom. The lowest BCUT2D eigenvalue weighted by Gasteiger charge is -2.18. The highest BCUT2D eigenvalue weighted by Crippen LogP contribution is 2.26. The number of ether oxygens (including phenoxy) is 1. The van der Waals surface area contributed by atoms with Crippen LogP contribution in [0.4, 0.5) is 4.39 Å². The van der Waals surface area contributed by atoms with Gasteiger partial charge >= 0.3 is 5.97 Å². The summed E-state index contributed by atoms with van der Waals surface area (Å²) in [5.74, 6) is -1.76. The molecule has 0 N–H and O–H groups in total. The van der Waals surface area contributed by atoms with Crippen LogP contribution in [0, 0.1) is 5.82 Å². The summed E-state index contributed by atoms with van der Waals surface area (Å²) < 4.78 is 19.6. The molecule has 3 rings (SSSR count). The van der Waals surface area contributed by atoms with E-state index in [0.29, 0.717) is 11.1 Å². The molecule has 0 aliphatic heterocycles. The molecule has 0 aliphatic carbocycles. The Morgan fingerprint density at radius 3 is 1.84 bits per heavy atom. The number of ketones is 1. The Labute approximate surface area is 144 Å². The smallest absolute Gasteiger partial charge is 0.339 e. The van der Waals surface area contributed by atoms with Crippen molar-refractivity contribution in [1.29, 1.82) is 0 Å². The second kappa shape index (κ2) is 7.53. The van der Waals surface area contributed by atoms with Crippen LogP contribution in [0.3, 0.4) is 0 Å². The fraction of sp³-hybridized carbons (Fsp3) is 0.0476. The lowest BCUT2D eigenvalue weighted by Crippen LogP contribution is -2.21. The molecule has 0 saturated carbocycles. The number of Topliss-reactive ketones (excluding diaryl/α,β-unsaturated/α-hetero) is 1. The van der Waals surface area contributed by atoms with E-state index in [0.717, 1.165) is 0 Å². The summed E-state index contributed by atoms with van der Waals surface area (Å²) in [6.45, 7) is 0. The maximum atomic E-state index is 14.2. The largest absolute Gasteiger partial charge is 0.445 e. The van der Waals surface area contributed by atoms with Gasteiger partial charge in [-0.2, -0.15) is 0 Å². The predicted octanol–water partition coefficient (Wildman–Crippen LogP) is 4.61.